The third kappa shape index (κ3) is 1.26. The van der Waals surface area contributed by atoms with E-state index in [1.165, 1.54) is 24.3 Å². The summed E-state index contributed by atoms with van der Waals surface area (Å²) < 4.78 is 17.7. The van der Waals surface area contributed by atoms with Crippen molar-refractivity contribution in [3.63, 3.8) is 0 Å². The molecule has 2 rings (SSSR count). The minimum atomic E-state index is -0.656. The number of amides is 1. The Morgan fingerprint density at radius 3 is 2.85 bits per heavy atom. The van der Waals surface area contributed by atoms with E-state index >= 15 is 0 Å². The highest BCUT2D eigenvalue weighted by molar-refractivity contribution is 5.94. The van der Waals surface area contributed by atoms with Gasteiger partial charge in [-0.15, -0.1) is 0 Å². The number of primary amides is 1. The maximum absolute atomic E-state index is 12.7. The Balaban J connectivity index is 2.68. The summed E-state index contributed by atoms with van der Waals surface area (Å²) in [4.78, 5) is 10.7. The number of carbonyl (C=O) groups excluding carboxylic acids is 1. The third-order valence-corrected chi connectivity index (χ3v) is 1.72. The van der Waals surface area contributed by atoms with Crippen LogP contribution in [0.1, 0.15) is 10.6 Å². The van der Waals surface area contributed by atoms with Crippen LogP contribution in [0, 0.1) is 5.82 Å². The molecule has 0 aliphatic carbocycles. The number of rotatable bonds is 1. The molecule has 0 unspecified atom stereocenters. The average molecular weight is 179 g/mol. The van der Waals surface area contributed by atoms with E-state index in [1.807, 2.05) is 0 Å². The standard InChI is InChI=1S/C9H6FNO2/c10-6-2-1-5-3-8(9(11)12)13-7(5)4-6/h1-4H,(H2,11,12). The van der Waals surface area contributed by atoms with Gasteiger partial charge in [0.2, 0.25) is 0 Å². The number of nitrogens with two attached hydrogens (primary N) is 1. The van der Waals surface area contributed by atoms with E-state index in [0.717, 1.165) is 0 Å². The molecule has 0 saturated heterocycles. The number of furan rings is 1. The van der Waals surface area contributed by atoms with Crippen LogP contribution in [0.15, 0.2) is 28.7 Å². The Labute approximate surface area is 72.9 Å². The molecule has 3 nitrogen and oxygen atoms in total. The van der Waals surface area contributed by atoms with E-state index in [2.05, 4.69) is 0 Å². The van der Waals surface area contributed by atoms with Crippen LogP contribution >= 0.6 is 0 Å². The van der Waals surface area contributed by atoms with Gasteiger partial charge in [0, 0.05) is 11.5 Å². The van der Waals surface area contributed by atoms with Gasteiger partial charge in [-0.25, -0.2) is 4.39 Å². The molecule has 0 spiro atoms. The Kier molecular flexibility index (Phi) is 1.55. The second kappa shape index (κ2) is 2.58. The Morgan fingerprint density at radius 2 is 2.15 bits per heavy atom. The molecule has 0 bridgehead atoms. The first-order chi connectivity index (χ1) is 6.16. The van der Waals surface area contributed by atoms with Crippen LogP contribution in [0.25, 0.3) is 11.0 Å². The second-order valence-corrected chi connectivity index (χ2v) is 2.66. The van der Waals surface area contributed by atoms with Gasteiger partial charge < -0.3 is 10.2 Å². The van der Waals surface area contributed by atoms with Crippen LogP contribution in [0.3, 0.4) is 0 Å². The summed E-state index contributed by atoms with van der Waals surface area (Å²) in [6.45, 7) is 0. The number of hydrogen-bond donors (Lipinski definition) is 1. The number of hydrogen-bond acceptors (Lipinski definition) is 2. The maximum Gasteiger partial charge on any atom is 0.284 e. The number of benzene rings is 1. The van der Waals surface area contributed by atoms with Gasteiger partial charge in [-0.05, 0) is 18.2 Å². The second-order valence-electron chi connectivity index (χ2n) is 2.66. The fourth-order valence-corrected chi connectivity index (χ4v) is 1.13. The van der Waals surface area contributed by atoms with E-state index in [-0.39, 0.29) is 5.76 Å². The van der Waals surface area contributed by atoms with Gasteiger partial charge in [-0.3, -0.25) is 4.79 Å². The highest BCUT2D eigenvalue weighted by atomic mass is 19.1. The van der Waals surface area contributed by atoms with Gasteiger partial charge in [0.05, 0.1) is 0 Å². The zero-order valence-corrected chi connectivity index (χ0v) is 6.58. The van der Waals surface area contributed by atoms with Crippen molar-refractivity contribution >= 4 is 16.9 Å². The molecule has 0 atom stereocenters. The summed E-state index contributed by atoms with van der Waals surface area (Å²) >= 11 is 0. The van der Waals surface area contributed by atoms with Crippen LogP contribution in [-0.4, -0.2) is 5.91 Å². The SMILES string of the molecule is NC(=O)c1cc2ccc(F)cc2o1. The third-order valence-electron chi connectivity index (χ3n) is 1.72. The minimum Gasteiger partial charge on any atom is -0.451 e. The molecule has 1 aromatic heterocycles. The van der Waals surface area contributed by atoms with Crippen molar-refractivity contribution in [2.45, 2.75) is 0 Å². The molecule has 66 valence electrons. The molecule has 13 heavy (non-hydrogen) atoms. The van der Waals surface area contributed by atoms with Crippen LogP contribution in [0.5, 0.6) is 0 Å². The number of halogens is 1. The van der Waals surface area contributed by atoms with Crippen LogP contribution in [0.2, 0.25) is 0 Å². The van der Waals surface area contributed by atoms with Crippen molar-refractivity contribution in [1.29, 1.82) is 0 Å². The topological polar surface area (TPSA) is 56.2 Å². The minimum absolute atomic E-state index is 0.0422. The molecule has 4 heteroatoms. The van der Waals surface area contributed by atoms with Crippen molar-refractivity contribution in [1.82, 2.24) is 0 Å². The van der Waals surface area contributed by atoms with Gasteiger partial charge in [0.15, 0.2) is 5.76 Å². The lowest BCUT2D eigenvalue weighted by Crippen LogP contribution is -2.08. The molecule has 0 aliphatic heterocycles. The van der Waals surface area contributed by atoms with Gasteiger partial charge in [-0.2, -0.15) is 0 Å². The Hall–Kier alpha value is -1.84. The summed E-state index contributed by atoms with van der Waals surface area (Å²) in [5.41, 5.74) is 5.32. The Bertz CT molecular complexity index is 475. The zero-order chi connectivity index (χ0) is 9.42. The van der Waals surface area contributed by atoms with Gasteiger partial charge in [-0.1, -0.05) is 0 Å². The highest BCUT2D eigenvalue weighted by Gasteiger charge is 2.08. The normalized spacial score (nSPS) is 10.5. The number of carbonyl (C=O) groups is 1. The molecular weight excluding hydrogens is 173 g/mol. The smallest absolute Gasteiger partial charge is 0.284 e. The molecule has 0 aliphatic rings. The Morgan fingerprint density at radius 1 is 1.38 bits per heavy atom. The van der Waals surface area contributed by atoms with Gasteiger partial charge >= 0.3 is 0 Å². The molecule has 2 N–H and O–H groups in total. The molecule has 1 amide bonds. The van der Waals surface area contributed by atoms with Gasteiger partial charge in [0.1, 0.15) is 11.4 Å². The zero-order valence-electron chi connectivity index (χ0n) is 6.58. The number of fused-ring (bicyclic) bond motifs is 1. The molecule has 0 saturated carbocycles. The van der Waals surface area contributed by atoms with Crippen molar-refractivity contribution < 1.29 is 13.6 Å². The predicted molar refractivity (Wildman–Crippen MR) is 44.7 cm³/mol. The summed E-state index contributed by atoms with van der Waals surface area (Å²) in [7, 11) is 0. The average Bonchev–Trinajstić information content (AvgIpc) is 2.46. The first-order valence-corrected chi connectivity index (χ1v) is 3.66. The lowest BCUT2D eigenvalue weighted by atomic mass is 10.2. The first kappa shape index (κ1) is 7.79. The van der Waals surface area contributed by atoms with E-state index in [1.54, 1.807) is 0 Å². The monoisotopic (exact) mass is 179 g/mol. The summed E-state index contributed by atoms with van der Waals surface area (Å²) in [5.74, 6) is -1.02. The molecule has 0 radical (unpaired) electrons. The molecule has 0 fully saturated rings. The quantitative estimate of drug-likeness (QED) is 0.723. The lowest BCUT2D eigenvalue weighted by molar-refractivity contribution is 0.0976. The van der Waals surface area contributed by atoms with E-state index in [0.29, 0.717) is 11.0 Å². The largest absolute Gasteiger partial charge is 0.451 e. The van der Waals surface area contributed by atoms with Crippen LogP contribution in [0.4, 0.5) is 4.39 Å². The highest BCUT2D eigenvalue weighted by Crippen LogP contribution is 2.19. The van der Waals surface area contributed by atoms with Crippen molar-refractivity contribution in [3.8, 4) is 0 Å². The van der Waals surface area contributed by atoms with Crippen molar-refractivity contribution in [2.75, 3.05) is 0 Å². The van der Waals surface area contributed by atoms with E-state index < -0.39 is 11.7 Å². The fraction of sp³-hybridized carbons (Fsp3) is 0. The van der Waals surface area contributed by atoms with E-state index in [4.69, 9.17) is 10.2 Å². The van der Waals surface area contributed by atoms with Crippen LogP contribution < -0.4 is 5.73 Å². The predicted octanol–water partition coefficient (Wildman–Crippen LogP) is 1.67. The maximum atomic E-state index is 12.7. The fourth-order valence-electron chi connectivity index (χ4n) is 1.13. The van der Waals surface area contributed by atoms with E-state index in [9.17, 15) is 9.18 Å². The summed E-state index contributed by atoms with van der Waals surface area (Å²) in [5, 5.41) is 0.662. The van der Waals surface area contributed by atoms with Gasteiger partial charge in [0.25, 0.3) is 5.91 Å². The lowest BCUT2D eigenvalue weighted by Gasteiger charge is -1.86. The van der Waals surface area contributed by atoms with Crippen molar-refractivity contribution in [2.24, 2.45) is 5.73 Å². The first-order valence-electron chi connectivity index (χ1n) is 3.66. The van der Waals surface area contributed by atoms with Crippen molar-refractivity contribution in [3.05, 3.63) is 35.8 Å². The van der Waals surface area contributed by atoms with Crippen LogP contribution in [-0.2, 0) is 0 Å². The molecule has 1 heterocycles. The molecule has 2 aromatic rings. The molecule has 1 aromatic carbocycles. The molecular formula is C9H6FNO2. The summed E-state index contributed by atoms with van der Waals surface area (Å²) in [6, 6.07) is 5.52. The summed E-state index contributed by atoms with van der Waals surface area (Å²) in [6.07, 6.45) is 0.